The molecule has 2 rings (SSSR count). The van der Waals surface area contributed by atoms with E-state index >= 15 is 0 Å². The highest BCUT2D eigenvalue weighted by atomic mass is 16.5. The third-order valence-corrected chi connectivity index (χ3v) is 4.57. The van der Waals surface area contributed by atoms with Gasteiger partial charge < -0.3 is 20.7 Å². The molecule has 24 heavy (non-hydrogen) atoms. The predicted octanol–water partition coefficient (Wildman–Crippen LogP) is 1.13. The van der Waals surface area contributed by atoms with Crippen LogP contribution in [0.25, 0.3) is 0 Å². The predicted molar refractivity (Wildman–Crippen MR) is 96.9 cm³/mol. The van der Waals surface area contributed by atoms with E-state index in [1.54, 1.807) is 7.11 Å². The van der Waals surface area contributed by atoms with Crippen LogP contribution in [-0.2, 0) is 16.1 Å². The molecule has 0 aromatic heterocycles. The molecule has 0 bridgehead atoms. The van der Waals surface area contributed by atoms with E-state index in [-0.39, 0.29) is 18.4 Å². The third-order valence-electron chi connectivity index (χ3n) is 4.57. The van der Waals surface area contributed by atoms with Crippen LogP contribution in [-0.4, -0.2) is 68.2 Å². The normalized spacial score (nSPS) is 17.6. The van der Waals surface area contributed by atoms with Crippen molar-refractivity contribution in [2.24, 2.45) is 5.73 Å². The molecule has 1 heterocycles. The Morgan fingerprint density at radius 1 is 1.21 bits per heavy atom. The summed E-state index contributed by atoms with van der Waals surface area (Å²) >= 11 is 0. The maximum absolute atomic E-state index is 11.9. The molecule has 6 heteroatoms. The summed E-state index contributed by atoms with van der Waals surface area (Å²) in [6.07, 6.45) is 0.0438. The molecular weight excluding hydrogens is 304 g/mol. The van der Waals surface area contributed by atoms with Crippen LogP contribution >= 0.6 is 0 Å². The molecule has 1 aliphatic rings. The van der Waals surface area contributed by atoms with Gasteiger partial charge in [0.15, 0.2) is 0 Å². The molecule has 0 radical (unpaired) electrons. The molecule has 1 unspecified atom stereocenters. The SMILES string of the molecule is CCN1CCN(Cc2ccc(NC(=O)CC(CN)OC)cc2)CC1. The Kier molecular flexibility index (Phi) is 7.65. The van der Waals surface area contributed by atoms with E-state index in [4.69, 9.17) is 10.5 Å². The van der Waals surface area contributed by atoms with Gasteiger partial charge in [-0.2, -0.15) is 0 Å². The monoisotopic (exact) mass is 334 g/mol. The van der Waals surface area contributed by atoms with Crippen LogP contribution in [0.1, 0.15) is 18.9 Å². The van der Waals surface area contributed by atoms with Crippen LogP contribution in [0.2, 0.25) is 0 Å². The number of nitrogens with zero attached hydrogens (tertiary/aromatic N) is 2. The number of methoxy groups -OCH3 is 1. The lowest BCUT2D eigenvalue weighted by molar-refractivity contribution is -0.118. The van der Waals surface area contributed by atoms with Gasteiger partial charge in [0.2, 0.25) is 5.91 Å². The smallest absolute Gasteiger partial charge is 0.227 e. The number of carbonyl (C=O) groups is 1. The lowest BCUT2D eigenvalue weighted by Gasteiger charge is -2.34. The van der Waals surface area contributed by atoms with Gasteiger partial charge in [0.05, 0.1) is 12.5 Å². The molecule has 1 aromatic carbocycles. The highest BCUT2D eigenvalue weighted by Gasteiger charge is 2.15. The number of carbonyl (C=O) groups excluding carboxylic acids is 1. The van der Waals surface area contributed by atoms with Crippen molar-refractivity contribution in [3.8, 4) is 0 Å². The van der Waals surface area contributed by atoms with E-state index in [1.165, 1.54) is 5.56 Å². The Hall–Kier alpha value is -1.47. The number of amides is 1. The first-order chi connectivity index (χ1) is 11.6. The van der Waals surface area contributed by atoms with Crippen LogP contribution in [0.3, 0.4) is 0 Å². The maximum Gasteiger partial charge on any atom is 0.227 e. The quantitative estimate of drug-likeness (QED) is 0.746. The highest BCUT2D eigenvalue weighted by Crippen LogP contribution is 2.13. The number of nitrogens with two attached hydrogens (primary N) is 1. The van der Waals surface area contributed by atoms with Gasteiger partial charge in [-0.3, -0.25) is 9.69 Å². The third kappa shape index (κ3) is 5.87. The van der Waals surface area contributed by atoms with Crippen LogP contribution in [0.5, 0.6) is 0 Å². The number of piperazine rings is 1. The molecule has 1 amide bonds. The highest BCUT2D eigenvalue weighted by molar-refractivity contribution is 5.91. The zero-order chi connectivity index (χ0) is 17.4. The average molecular weight is 334 g/mol. The van der Waals surface area contributed by atoms with Crippen molar-refractivity contribution < 1.29 is 9.53 Å². The lowest BCUT2D eigenvalue weighted by atomic mass is 10.1. The first-order valence-corrected chi connectivity index (χ1v) is 8.71. The molecule has 1 aliphatic heterocycles. The van der Waals surface area contributed by atoms with Crippen molar-refractivity contribution in [2.75, 3.05) is 51.7 Å². The van der Waals surface area contributed by atoms with E-state index in [1.807, 2.05) is 12.1 Å². The summed E-state index contributed by atoms with van der Waals surface area (Å²) in [5, 5.41) is 2.89. The van der Waals surface area contributed by atoms with E-state index in [0.29, 0.717) is 6.54 Å². The van der Waals surface area contributed by atoms with Crippen molar-refractivity contribution >= 4 is 11.6 Å². The number of hydrogen-bond acceptors (Lipinski definition) is 5. The first-order valence-electron chi connectivity index (χ1n) is 8.71. The molecule has 1 fully saturated rings. The summed E-state index contributed by atoms with van der Waals surface area (Å²) in [5.74, 6) is -0.0734. The topological polar surface area (TPSA) is 70.8 Å². The Labute approximate surface area is 144 Å². The van der Waals surface area contributed by atoms with Gasteiger partial charge in [0.1, 0.15) is 0 Å². The number of hydrogen-bond donors (Lipinski definition) is 2. The zero-order valence-electron chi connectivity index (χ0n) is 14.8. The number of ether oxygens (including phenoxy) is 1. The maximum atomic E-state index is 11.9. The van der Waals surface area contributed by atoms with Gasteiger partial charge in [-0.25, -0.2) is 0 Å². The number of rotatable bonds is 8. The fourth-order valence-electron chi connectivity index (χ4n) is 2.90. The van der Waals surface area contributed by atoms with Crippen molar-refractivity contribution in [1.29, 1.82) is 0 Å². The minimum absolute atomic E-state index is 0.0734. The van der Waals surface area contributed by atoms with Gasteiger partial charge in [-0.1, -0.05) is 19.1 Å². The van der Waals surface area contributed by atoms with Crippen molar-refractivity contribution in [2.45, 2.75) is 26.0 Å². The fourth-order valence-corrected chi connectivity index (χ4v) is 2.90. The number of anilines is 1. The molecular formula is C18H30N4O2. The lowest BCUT2D eigenvalue weighted by Crippen LogP contribution is -2.45. The molecule has 1 saturated heterocycles. The largest absolute Gasteiger partial charge is 0.380 e. The van der Waals surface area contributed by atoms with Gasteiger partial charge >= 0.3 is 0 Å². The standard InChI is InChI=1S/C18H30N4O2/c1-3-21-8-10-22(11-9-21)14-15-4-6-16(7-5-15)20-18(23)12-17(13-19)24-2/h4-7,17H,3,8-14,19H2,1-2H3,(H,20,23). The van der Waals surface area contributed by atoms with E-state index < -0.39 is 0 Å². The molecule has 0 saturated carbocycles. The number of nitrogens with one attached hydrogen (secondary N) is 1. The molecule has 0 spiro atoms. The minimum Gasteiger partial charge on any atom is -0.380 e. The van der Waals surface area contributed by atoms with Crippen LogP contribution < -0.4 is 11.1 Å². The Bertz CT molecular complexity index is 494. The van der Waals surface area contributed by atoms with Gasteiger partial charge in [0, 0.05) is 52.1 Å². The molecule has 0 aliphatic carbocycles. The number of benzene rings is 1. The zero-order valence-corrected chi connectivity index (χ0v) is 14.8. The molecule has 6 nitrogen and oxygen atoms in total. The van der Waals surface area contributed by atoms with Crippen molar-refractivity contribution in [1.82, 2.24) is 9.80 Å². The summed E-state index contributed by atoms with van der Waals surface area (Å²) in [6, 6.07) is 8.08. The van der Waals surface area contributed by atoms with E-state index in [0.717, 1.165) is 45.0 Å². The average Bonchev–Trinajstić information content (AvgIpc) is 2.62. The van der Waals surface area contributed by atoms with E-state index in [2.05, 4.69) is 34.2 Å². The fraction of sp³-hybridized carbons (Fsp3) is 0.611. The van der Waals surface area contributed by atoms with Crippen LogP contribution in [0, 0.1) is 0 Å². The Morgan fingerprint density at radius 3 is 2.38 bits per heavy atom. The Balaban J connectivity index is 1.79. The van der Waals surface area contributed by atoms with Crippen molar-refractivity contribution in [3.63, 3.8) is 0 Å². The van der Waals surface area contributed by atoms with Crippen molar-refractivity contribution in [3.05, 3.63) is 29.8 Å². The second-order valence-corrected chi connectivity index (χ2v) is 6.25. The molecule has 1 aromatic rings. The summed E-state index contributed by atoms with van der Waals surface area (Å²) < 4.78 is 5.13. The first kappa shape index (κ1) is 18.9. The number of likely N-dealkylation sites (N-methyl/N-ethyl adjacent to an activating group) is 1. The summed E-state index contributed by atoms with van der Waals surface area (Å²) in [5.41, 5.74) is 7.62. The van der Waals surface area contributed by atoms with Gasteiger partial charge in [-0.05, 0) is 24.2 Å². The van der Waals surface area contributed by atoms with Gasteiger partial charge in [0.25, 0.3) is 0 Å². The van der Waals surface area contributed by atoms with Crippen LogP contribution in [0.15, 0.2) is 24.3 Å². The summed E-state index contributed by atoms with van der Waals surface area (Å²) in [6.45, 7) is 9.17. The minimum atomic E-state index is -0.230. The van der Waals surface area contributed by atoms with E-state index in [9.17, 15) is 4.79 Å². The molecule has 134 valence electrons. The molecule has 3 N–H and O–H groups in total. The molecule has 1 atom stereocenters. The summed E-state index contributed by atoms with van der Waals surface area (Å²) in [4.78, 5) is 16.9. The second kappa shape index (κ2) is 9.74. The van der Waals surface area contributed by atoms with Crippen LogP contribution in [0.4, 0.5) is 5.69 Å². The second-order valence-electron chi connectivity index (χ2n) is 6.25. The van der Waals surface area contributed by atoms with Gasteiger partial charge in [-0.15, -0.1) is 0 Å². The Morgan fingerprint density at radius 2 is 1.83 bits per heavy atom. The summed E-state index contributed by atoms with van der Waals surface area (Å²) in [7, 11) is 1.57.